The number of nitro groups is 1. The van der Waals surface area contributed by atoms with Crippen molar-refractivity contribution in [3.05, 3.63) is 45.8 Å². The van der Waals surface area contributed by atoms with Crippen LogP contribution in [0.15, 0.2) is 18.5 Å². The maximum absolute atomic E-state index is 13.8. The van der Waals surface area contributed by atoms with Crippen LogP contribution in [0.5, 0.6) is 0 Å². The fraction of sp³-hybridized carbons (Fsp3) is 0.182. The van der Waals surface area contributed by atoms with Gasteiger partial charge >= 0.3 is 5.97 Å². The summed E-state index contributed by atoms with van der Waals surface area (Å²) in [5.74, 6) is -1.94. The highest BCUT2D eigenvalue weighted by Crippen LogP contribution is 2.26. The third-order valence-corrected chi connectivity index (χ3v) is 2.75. The lowest BCUT2D eigenvalue weighted by Crippen LogP contribution is -2.09. The summed E-state index contributed by atoms with van der Waals surface area (Å²) in [5, 5.41) is 29.7. The van der Waals surface area contributed by atoms with Crippen molar-refractivity contribution in [3.63, 3.8) is 0 Å². The summed E-state index contributed by atoms with van der Waals surface area (Å²) in [6, 6.07) is 1.45. The summed E-state index contributed by atoms with van der Waals surface area (Å²) < 4.78 is 15.4. The molecular weight excluding hydrogens is 285 g/mol. The van der Waals surface area contributed by atoms with Gasteiger partial charge in [-0.05, 0) is 6.07 Å². The first kappa shape index (κ1) is 14.4. The molecule has 2 N–H and O–H groups in total. The molecule has 21 heavy (non-hydrogen) atoms. The average molecular weight is 295 g/mol. The molecule has 0 aliphatic rings. The number of carbonyl (C=O) groups is 1. The van der Waals surface area contributed by atoms with E-state index in [0.717, 1.165) is 6.07 Å². The van der Waals surface area contributed by atoms with Gasteiger partial charge in [0.25, 0.3) is 5.69 Å². The number of hydrogen-bond donors (Lipinski definition) is 2. The molecule has 0 aliphatic heterocycles. The number of benzene rings is 1. The molecule has 2 rings (SSSR count). The fourth-order valence-corrected chi connectivity index (χ4v) is 1.66. The van der Waals surface area contributed by atoms with Gasteiger partial charge in [0.05, 0.1) is 23.2 Å². The number of aromatic nitrogens is 3. The lowest BCUT2D eigenvalue weighted by molar-refractivity contribution is -0.385. The molecule has 9 nitrogen and oxygen atoms in total. The second-order valence-electron chi connectivity index (χ2n) is 4.12. The maximum atomic E-state index is 13.8. The normalized spacial score (nSPS) is 10.4. The average Bonchev–Trinajstić information content (AvgIpc) is 2.82. The highest BCUT2D eigenvalue weighted by Gasteiger charge is 2.23. The molecular formula is C11H10FN5O4. The molecule has 1 aromatic heterocycles. The summed E-state index contributed by atoms with van der Waals surface area (Å²) in [6.07, 6.45) is 1.45. The minimum Gasteiger partial charge on any atom is -0.477 e. The third kappa shape index (κ3) is 2.94. The number of carboxylic acid groups (broad SMARTS) is 1. The summed E-state index contributed by atoms with van der Waals surface area (Å²) in [4.78, 5) is 20.8. The molecule has 0 atom stereocenters. The van der Waals surface area contributed by atoms with Gasteiger partial charge in [-0.1, -0.05) is 0 Å². The molecule has 0 fully saturated rings. The number of aromatic carboxylic acids is 1. The minimum atomic E-state index is -1.51. The van der Waals surface area contributed by atoms with Crippen molar-refractivity contribution in [1.82, 2.24) is 14.8 Å². The minimum absolute atomic E-state index is 0.0876. The molecule has 0 bridgehead atoms. The predicted octanol–water partition coefficient (Wildman–Crippen LogP) is 1.17. The van der Waals surface area contributed by atoms with Gasteiger partial charge in [-0.15, -0.1) is 10.2 Å². The van der Waals surface area contributed by atoms with Gasteiger partial charge in [0.15, 0.2) is 11.6 Å². The smallest absolute Gasteiger partial charge is 0.342 e. The van der Waals surface area contributed by atoms with Crippen molar-refractivity contribution >= 4 is 17.3 Å². The van der Waals surface area contributed by atoms with Crippen molar-refractivity contribution < 1.29 is 19.2 Å². The SMILES string of the molecule is Cn1cnnc1CNc1cc(C(=O)O)c([N+](=O)[O-])cc1F. The van der Waals surface area contributed by atoms with Crippen LogP contribution in [-0.2, 0) is 13.6 Å². The molecule has 0 radical (unpaired) electrons. The number of halogens is 1. The Balaban J connectivity index is 2.32. The third-order valence-electron chi connectivity index (χ3n) is 2.75. The van der Waals surface area contributed by atoms with E-state index >= 15 is 0 Å². The van der Waals surface area contributed by atoms with Crippen LogP contribution in [0, 0.1) is 15.9 Å². The van der Waals surface area contributed by atoms with Gasteiger partial charge in [-0.2, -0.15) is 0 Å². The molecule has 0 saturated carbocycles. The zero-order valence-corrected chi connectivity index (χ0v) is 10.8. The molecule has 1 heterocycles. The Morgan fingerprint density at radius 2 is 2.29 bits per heavy atom. The summed E-state index contributed by atoms with van der Waals surface area (Å²) in [7, 11) is 1.69. The van der Waals surface area contributed by atoms with Gasteiger partial charge in [-0.3, -0.25) is 10.1 Å². The largest absolute Gasteiger partial charge is 0.477 e. The van der Waals surface area contributed by atoms with E-state index in [4.69, 9.17) is 5.11 Å². The Morgan fingerprint density at radius 1 is 1.57 bits per heavy atom. The number of nitro benzene ring substituents is 1. The lowest BCUT2D eigenvalue weighted by Gasteiger charge is -2.08. The Hall–Kier alpha value is -3.04. The maximum Gasteiger partial charge on any atom is 0.342 e. The Labute approximate surface area is 117 Å². The Kier molecular flexibility index (Phi) is 3.78. The number of carboxylic acids is 1. The van der Waals surface area contributed by atoms with Crippen molar-refractivity contribution in [3.8, 4) is 0 Å². The number of nitrogens with zero attached hydrogens (tertiary/aromatic N) is 4. The quantitative estimate of drug-likeness (QED) is 0.626. The van der Waals surface area contributed by atoms with E-state index in [0.29, 0.717) is 11.9 Å². The zero-order chi connectivity index (χ0) is 15.6. The molecule has 0 aliphatic carbocycles. The zero-order valence-electron chi connectivity index (χ0n) is 10.8. The van der Waals surface area contributed by atoms with Gasteiger partial charge in [-0.25, -0.2) is 9.18 Å². The Morgan fingerprint density at radius 3 is 2.81 bits per heavy atom. The van der Waals surface area contributed by atoms with E-state index in [1.165, 1.54) is 6.33 Å². The van der Waals surface area contributed by atoms with Crippen LogP contribution in [-0.4, -0.2) is 30.8 Å². The van der Waals surface area contributed by atoms with Crippen molar-refractivity contribution in [2.45, 2.75) is 6.54 Å². The van der Waals surface area contributed by atoms with Crippen LogP contribution in [0.1, 0.15) is 16.2 Å². The van der Waals surface area contributed by atoms with Gasteiger partial charge in [0.2, 0.25) is 0 Å². The molecule has 0 spiro atoms. The molecule has 0 amide bonds. The standard InChI is InChI=1S/C11H10FN5O4/c1-16-5-14-15-10(16)4-13-8-2-6(11(18)19)9(17(20)21)3-7(8)12/h2-3,5,13H,4H2,1H3,(H,18,19). The van der Waals surface area contributed by atoms with E-state index in [1.54, 1.807) is 11.6 Å². The molecule has 0 saturated heterocycles. The van der Waals surface area contributed by atoms with Crippen molar-refractivity contribution in [1.29, 1.82) is 0 Å². The second kappa shape index (κ2) is 5.53. The van der Waals surface area contributed by atoms with E-state index < -0.39 is 28.0 Å². The van der Waals surface area contributed by atoms with Crippen molar-refractivity contribution in [2.24, 2.45) is 7.05 Å². The molecule has 110 valence electrons. The monoisotopic (exact) mass is 295 g/mol. The molecule has 10 heteroatoms. The number of hydrogen-bond acceptors (Lipinski definition) is 6. The number of rotatable bonds is 5. The van der Waals surface area contributed by atoms with Gasteiger partial charge in [0.1, 0.15) is 11.9 Å². The highest BCUT2D eigenvalue weighted by molar-refractivity contribution is 5.93. The number of anilines is 1. The Bertz CT molecular complexity index is 715. The molecule has 2 aromatic rings. The number of aryl methyl sites for hydroxylation is 1. The van der Waals surface area contributed by atoms with Crippen LogP contribution in [0.4, 0.5) is 15.8 Å². The van der Waals surface area contributed by atoms with Crippen LogP contribution in [0.25, 0.3) is 0 Å². The molecule has 0 unspecified atom stereocenters. The van der Waals surface area contributed by atoms with E-state index in [1.807, 2.05) is 0 Å². The lowest BCUT2D eigenvalue weighted by atomic mass is 10.1. The predicted molar refractivity (Wildman–Crippen MR) is 68.3 cm³/mol. The van der Waals surface area contributed by atoms with E-state index in [2.05, 4.69) is 15.5 Å². The first-order chi connectivity index (χ1) is 9.90. The van der Waals surface area contributed by atoms with E-state index in [9.17, 15) is 19.3 Å². The van der Waals surface area contributed by atoms with Crippen LogP contribution in [0.3, 0.4) is 0 Å². The summed E-state index contributed by atoms with van der Waals surface area (Å²) in [5.41, 5.74) is -1.56. The van der Waals surface area contributed by atoms with Crippen LogP contribution >= 0.6 is 0 Å². The van der Waals surface area contributed by atoms with Crippen molar-refractivity contribution in [2.75, 3.05) is 5.32 Å². The van der Waals surface area contributed by atoms with E-state index in [-0.39, 0.29) is 12.2 Å². The topological polar surface area (TPSA) is 123 Å². The molecule has 1 aromatic carbocycles. The summed E-state index contributed by atoms with van der Waals surface area (Å²) >= 11 is 0. The highest BCUT2D eigenvalue weighted by atomic mass is 19.1. The van der Waals surface area contributed by atoms with Crippen LogP contribution in [0.2, 0.25) is 0 Å². The second-order valence-corrected chi connectivity index (χ2v) is 4.12. The first-order valence-corrected chi connectivity index (χ1v) is 5.68. The number of nitrogens with one attached hydrogen (secondary N) is 1. The summed E-state index contributed by atoms with van der Waals surface area (Å²) in [6.45, 7) is 0.0876. The first-order valence-electron chi connectivity index (χ1n) is 5.68. The van der Waals surface area contributed by atoms with Gasteiger partial charge < -0.3 is 15.0 Å². The fourth-order valence-electron chi connectivity index (χ4n) is 1.66. The van der Waals surface area contributed by atoms with Gasteiger partial charge in [0, 0.05) is 7.05 Å². The van der Waals surface area contributed by atoms with Crippen LogP contribution < -0.4 is 5.32 Å².